The van der Waals surface area contributed by atoms with Gasteiger partial charge in [0.25, 0.3) is 0 Å². The summed E-state index contributed by atoms with van der Waals surface area (Å²) in [5.74, 6) is 2.03. The Balaban J connectivity index is 2.10. The Morgan fingerprint density at radius 2 is 1.88 bits per heavy atom. The van der Waals surface area contributed by atoms with E-state index in [-0.39, 0.29) is 5.95 Å². The van der Waals surface area contributed by atoms with E-state index in [0.29, 0.717) is 34.2 Å². The largest absolute Gasteiger partial charge is 0.493 e. The van der Waals surface area contributed by atoms with Crippen LogP contribution >= 0.6 is 0 Å². The second-order valence-electron chi connectivity index (χ2n) is 5.35. The van der Waals surface area contributed by atoms with E-state index in [0.717, 1.165) is 18.5 Å². The highest BCUT2D eigenvalue weighted by molar-refractivity contribution is 5.85. The third-order valence-corrected chi connectivity index (χ3v) is 3.65. The first kappa shape index (κ1) is 16.7. The van der Waals surface area contributed by atoms with Crippen LogP contribution in [0.25, 0.3) is 22.4 Å². The van der Waals surface area contributed by atoms with Gasteiger partial charge < -0.3 is 20.5 Å². The van der Waals surface area contributed by atoms with Gasteiger partial charge in [-0.3, -0.25) is 0 Å². The maximum absolute atomic E-state index is 5.76. The molecule has 3 N–H and O–H groups in total. The molecule has 3 aromatic rings. The van der Waals surface area contributed by atoms with Crippen LogP contribution in [0.1, 0.15) is 13.3 Å². The first-order valence-electron chi connectivity index (χ1n) is 7.92. The molecule has 0 amide bonds. The summed E-state index contributed by atoms with van der Waals surface area (Å²) in [5.41, 5.74) is 8.32. The van der Waals surface area contributed by atoms with E-state index in [9.17, 15) is 0 Å². The highest BCUT2D eigenvalue weighted by atomic mass is 16.5. The number of aromatic nitrogens is 4. The average molecular weight is 340 g/mol. The Hall–Kier alpha value is -3.16. The second kappa shape index (κ2) is 7.16. The van der Waals surface area contributed by atoms with E-state index in [1.54, 1.807) is 20.4 Å². The molecule has 0 aliphatic rings. The van der Waals surface area contributed by atoms with Gasteiger partial charge in [0.05, 0.1) is 26.1 Å². The van der Waals surface area contributed by atoms with Crippen LogP contribution in [0.3, 0.4) is 0 Å². The minimum absolute atomic E-state index is 0.166. The number of nitrogens with zero attached hydrogens (tertiary/aromatic N) is 4. The molecule has 25 heavy (non-hydrogen) atoms. The number of benzene rings is 1. The van der Waals surface area contributed by atoms with Crippen LogP contribution in [0.2, 0.25) is 0 Å². The number of nitrogen functional groups attached to an aromatic ring is 1. The molecule has 0 atom stereocenters. The maximum Gasteiger partial charge on any atom is 0.224 e. The van der Waals surface area contributed by atoms with Crippen molar-refractivity contribution in [2.75, 3.05) is 31.8 Å². The minimum Gasteiger partial charge on any atom is -0.493 e. The maximum atomic E-state index is 5.76. The van der Waals surface area contributed by atoms with E-state index in [4.69, 9.17) is 15.2 Å². The molecule has 3 rings (SSSR count). The van der Waals surface area contributed by atoms with Gasteiger partial charge in [0.15, 0.2) is 28.5 Å². The fourth-order valence-electron chi connectivity index (χ4n) is 2.43. The molecule has 0 saturated carbocycles. The van der Waals surface area contributed by atoms with Crippen LogP contribution in [0, 0.1) is 0 Å². The van der Waals surface area contributed by atoms with Gasteiger partial charge in [-0.1, -0.05) is 6.92 Å². The zero-order valence-corrected chi connectivity index (χ0v) is 14.4. The first-order chi connectivity index (χ1) is 12.2. The van der Waals surface area contributed by atoms with Gasteiger partial charge in [-0.15, -0.1) is 0 Å². The van der Waals surface area contributed by atoms with Gasteiger partial charge in [-0.25, -0.2) is 9.97 Å². The summed E-state index contributed by atoms with van der Waals surface area (Å²) in [4.78, 5) is 17.4. The lowest BCUT2D eigenvalue weighted by atomic mass is 10.1. The number of hydrogen-bond acceptors (Lipinski definition) is 8. The summed E-state index contributed by atoms with van der Waals surface area (Å²) in [6.45, 7) is 2.83. The molecule has 8 nitrogen and oxygen atoms in total. The number of anilines is 2. The predicted octanol–water partition coefficient (Wildman–Crippen LogP) is 2.51. The van der Waals surface area contributed by atoms with Gasteiger partial charge in [0.1, 0.15) is 0 Å². The zero-order chi connectivity index (χ0) is 17.8. The third-order valence-electron chi connectivity index (χ3n) is 3.65. The zero-order valence-electron chi connectivity index (χ0n) is 14.4. The van der Waals surface area contributed by atoms with Crippen molar-refractivity contribution in [1.29, 1.82) is 0 Å². The quantitative estimate of drug-likeness (QED) is 0.704. The van der Waals surface area contributed by atoms with Gasteiger partial charge in [-0.05, 0) is 24.6 Å². The highest BCUT2D eigenvalue weighted by Gasteiger charge is 2.12. The summed E-state index contributed by atoms with van der Waals surface area (Å²) in [7, 11) is 3.19. The lowest BCUT2D eigenvalue weighted by molar-refractivity contribution is 0.355. The van der Waals surface area contributed by atoms with E-state index in [2.05, 4.69) is 32.2 Å². The van der Waals surface area contributed by atoms with Crippen LogP contribution in [0.15, 0.2) is 24.4 Å². The molecule has 130 valence electrons. The normalized spacial score (nSPS) is 10.7. The number of ether oxygens (including phenoxy) is 2. The molecule has 0 radical (unpaired) electrons. The van der Waals surface area contributed by atoms with Crippen LogP contribution in [-0.2, 0) is 0 Å². The average Bonchev–Trinajstić information content (AvgIpc) is 2.65. The van der Waals surface area contributed by atoms with Crippen LogP contribution in [0.5, 0.6) is 11.5 Å². The smallest absolute Gasteiger partial charge is 0.224 e. The van der Waals surface area contributed by atoms with E-state index >= 15 is 0 Å². The van der Waals surface area contributed by atoms with E-state index < -0.39 is 0 Å². The SMILES string of the molecule is CCCNc1nc(N)nc2ncc(-c3ccc(OC)c(OC)c3)nc12. The van der Waals surface area contributed by atoms with Crippen molar-refractivity contribution in [1.82, 2.24) is 19.9 Å². The van der Waals surface area contributed by atoms with Gasteiger partial charge in [0.2, 0.25) is 5.95 Å². The summed E-state index contributed by atoms with van der Waals surface area (Å²) >= 11 is 0. The highest BCUT2D eigenvalue weighted by Crippen LogP contribution is 2.32. The summed E-state index contributed by atoms with van der Waals surface area (Å²) in [5, 5.41) is 3.22. The number of methoxy groups -OCH3 is 2. The molecule has 0 saturated heterocycles. The predicted molar refractivity (Wildman–Crippen MR) is 96.9 cm³/mol. The molecular weight excluding hydrogens is 320 g/mol. The lowest BCUT2D eigenvalue weighted by Gasteiger charge is -2.11. The van der Waals surface area contributed by atoms with Crippen molar-refractivity contribution in [3.05, 3.63) is 24.4 Å². The molecule has 0 spiro atoms. The number of hydrogen-bond donors (Lipinski definition) is 2. The van der Waals surface area contributed by atoms with E-state index in [1.165, 1.54) is 0 Å². The molecule has 0 bridgehead atoms. The van der Waals surface area contributed by atoms with Crippen molar-refractivity contribution in [3.63, 3.8) is 0 Å². The molecule has 0 aliphatic heterocycles. The molecule has 0 aliphatic carbocycles. The standard InChI is InChI=1S/C17H20N6O2/c1-4-7-19-15-14-16(23-17(18)22-15)20-9-11(21-14)10-5-6-12(24-2)13(8-10)25-3/h5-6,8-9H,4,7H2,1-3H3,(H3,18,19,20,22,23). The van der Waals surface area contributed by atoms with E-state index in [1.807, 2.05) is 18.2 Å². The summed E-state index contributed by atoms with van der Waals surface area (Å²) in [6, 6.07) is 5.58. The monoisotopic (exact) mass is 340 g/mol. The summed E-state index contributed by atoms with van der Waals surface area (Å²) in [6.07, 6.45) is 2.60. The molecule has 0 unspecified atom stereocenters. The van der Waals surface area contributed by atoms with Crippen LogP contribution in [0.4, 0.5) is 11.8 Å². The molecule has 2 heterocycles. The second-order valence-corrected chi connectivity index (χ2v) is 5.35. The van der Waals surface area contributed by atoms with Crippen molar-refractivity contribution < 1.29 is 9.47 Å². The topological polar surface area (TPSA) is 108 Å². The minimum atomic E-state index is 0.166. The van der Waals surface area contributed by atoms with Gasteiger partial charge in [-0.2, -0.15) is 9.97 Å². The Kier molecular flexibility index (Phi) is 4.78. The Morgan fingerprint density at radius 3 is 2.60 bits per heavy atom. The molecule has 0 fully saturated rings. The molecular formula is C17H20N6O2. The fourth-order valence-corrected chi connectivity index (χ4v) is 2.43. The number of nitrogens with one attached hydrogen (secondary N) is 1. The molecule has 2 aromatic heterocycles. The fraction of sp³-hybridized carbons (Fsp3) is 0.294. The Bertz CT molecular complexity index is 900. The third kappa shape index (κ3) is 3.37. The van der Waals surface area contributed by atoms with Crippen LogP contribution < -0.4 is 20.5 Å². The summed E-state index contributed by atoms with van der Waals surface area (Å²) < 4.78 is 10.6. The Morgan fingerprint density at radius 1 is 1.08 bits per heavy atom. The lowest BCUT2D eigenvalue weighted by Crippen LogP contribution is -2.07. The first-order valence-corrected chi connectivity index (χ1v) is 7.92. The molecule has 8 heteroatoms. The van der Waals surface area contributed by atoms with Crippen molar-refractivity contribution >= 4 is 22.9 Å². The van der Waals surface area contributed by atoms with Gasteiger partial charge >= 0.3 is 0 Å². The molecule has 1 aromatic carbocycles. The number of nitrogens with two attached hydrogens (primary N) is 1. The Labute approximate surface area is 145 Å². The number of fused-ring (bicyclic) bond motifs is 1. The van der Waals surface area contributed by atoms with Crippen LogP contribution in [-0.4, -0.2) is 40.7 Å². The van der Waals surface area contributed by atoms with Crippen molar-refractivity contribution in [2.24, 2.45) is 0 Å². The van der Waals surface area contributed by atoms with Gasteiger partial charge in [0, 0.05) is 12.1 Å². The number of rotatable bonds is 6. The van der Waals surface area contributed by atoms with Crippen molar-refractivity contribution in [2.45, 2.75) is 13.3 Å². The van der Waals surface area contributed by atoms with Crippen molar-refractivity contribution in [3.8, 4) is 22.8 Å².